The van der Waals surface area contributed by atoms with Crippen molar-refractivity contribution >= 4 is 30.5 Å². The zero-order valence-corrected chi connectivity index (χ0v) is 21.7. The topological polar surface area (TPSA) is 97.4 Å². The van der Waals surface area contributed by atoms with E-state index in [1.807, 2.05) is 36.4 Å². The van der Waals surface area contributed by atoms with Crippen LogP contribution in [0.4, 0.5) is 0 Å². The molecule has 200 valence electrons. The molecule has 9 heteroatoms. The molecule has 0 radical (unpaired) electrons. The zero-order chi connectivity index (χ0) is 27.7. The van der Waals surface area contributed by atoms with Crippen molar-refractivity contribution in [3.63, 3.8) is 0 Å². The van der Waals surface area contributed by atoms with Gasteiger partial charge in [0.15, 0.2) is 0 Å². The van der Waals surface area contributed by atoms with Crippen LogP contribution in [0.5, 0.6) is 0 Å². The first kappa shape index (κ1) is 27.8. The Morgan fingerprint density at radius 3 is 1.72 bits per heavy atom. The van der Waals surface area contributed by atoms with Crippen molar-refractivity contribution < 1.29 is 37.9 Å². The summed E-state index contributed by atoms with van der Waals surface area (Å²) >= 11 is 0. The minimum atomic E-state index is -0.901. The van der Waals surface area contributed by atoms with Gasteiger partial charge in [-0.2, -0.15) is 0 Å². The Bertz CT molecular complexity index is 1230. The maximum absolute atomic E-state index is 12.6. The van der Waals surface area contributed by atoms with E-state index in [-0.39, 0.29) is 33.0 Å². The van der Waals surface area contributed by atoms with Gasteiger partial charge < -0.3 is 23.5 Å². The fourth-order valence-electron chi connectivity index (χ4n) is 3.79. The van der Waals surface area contributed by atoms with E-state index in [0.717, 1.165) is 11.0 Å². The molecule has 1 aliphatic heterocycles. The van der Waals surface area contributed by atoms with Crippen LogP contribution in [-0.4, -0.2) is 51.5 Å². The van der Waals surface area contributed by atoms with Crippen molar-refractivity contribution in [1.82, 2.24) is 0 Å². The Labute approximate surface area is 227 Å². The highest BCUT2D eigenvalue weighted by atomic mass is 16.6. The molecule has 0 amide bonds. The third kappa shape index (κ3) is 7.66. The third-order valence-electron chi connectivity index (χ3n) is 6.09. The van der Waals surface area contributed by atoms with E-state index >= 15 is 0 Å². The Morgan fingerprint density at radius 2 is 1.26 bits per heavy atom. The maximum Gasteiger partial charge on any atom is 0.493 e. The maximum atomic E-state index is 12.6. The van der Waals surface area contributed by atoms with E-state index < -0.39 is 30.4 Å². The Morgan fingerprint density at radius 1 is 0.769 bits per heavy atom. The Hall–Kier alpha value is -4.21. The van der Waals surface area contributed by atoms with E-state index in [1.165, 1.54) is 0 Å². The van der Waals surface area contributed by atoms with Crippen molar-refractivity contribution in [3.05, 3.63) is 114 Å². The summed E-state index contributed by atoms with van der Waals surface area (Å²) in [5, 5.41) is 0. The van der Waals surface area contributed by atoms with Gasteiger partial charge in [0.1, 0.15) is 19.8 Å². The minimum Gasteiger partial charge on any atom is -0.461 e. The normalized spacial score (nSPS) is 14.2. The molecule has 0 unspecified atom stereocenters. The molecular weight excluding hydrogens is 499 g/mol. The Kier molecular flexibility index (Phi) is 9.30. The first-order valence-corrected chi connectivity index (χ1v) is 12.4. The lowest BCUT2D eigenvalue weighted by molar-refractivity contribution is -0.140. The van der Waals surface area contributed by atoms with Crippen molar-refractivity contribution in [2.24, 2.45) is 5.41 Å². The Balaban J connectivity index is 1.39. The van der Waals surface area contributed by atoms with Crippen molar-refractivity contribution in [2.45, 2.75) is 13.5 Å². The van der Waals surface area contributed by atoms with Crippen LogP contribution in [0.25, 0.3) is 0 Å². The van der Waals surface area contributed by atoms with Crippen LogP contribution in [-0.2, 0) is 34.9 Å². The fourth-order valence-corrected chi connectivity index (χ4v) is 3.79. The lowest BCUT2D eigenvalue weighted by Gasteiger charge is -2.38. The van der Waals surface area contributed by atoms with Gasteiger partial charge in [0.2, 0.25) is 0 Å². The second-order valence-electron chi connectivity index (χ2n) is 9.44. The van der Waals surface area contributed by atoms with Gasteiger partial charge in [-0.15, -0.1) is 0 Å². The molecule has 0 aromatic heterocycles. The number of ether oxygens (including phenoxy) is 3. The predicted molar refractivity (Wildman–Crippen MR) is 144 cm³/mol. The van der Waals surface area contributed by atoms with Crippen LogP contribution >= 0.6 is 0 Å². The van der Waals surface area contributed by atoms with Crippen molar-refractivity contribution in [3.8, 4) is 0 Å². The molecule has 39 heavy (non-hydrogen) atoms. The first-order chi connectivity index (χ1) is 18.8. The number of hydrogen-bond acceptors (Lipinski definition) is 8. The predicted octanol–water partition coefficient (Wildman–Crippen LogP) is 3.75. The number of hydrogen-bond donors (Lipinski definition) is 0. The molecule has 0 aliphatic carbocycles. The van der Waals surface area contributed by atoms with Crippen LogP contribution < -0.4 is 5.46 Å². The average Bonchev–Trinajstić information content (AvgIpc) is 2.99. The number of rotatable bonds is 10. The average molecular weight is 528 g/mol. The summed E-state index contributed by atoms with van der Waals surface area (Å²) in [5.41, 5.74) is 1.84. The number of carbonyl (C=O) groups excluding carboxylic acids is 3. The summed E-state index contributed by atoms with van der Waals surface area (Å²) in [5.74, 6) is -1.43. The van der Waals surface area contributed by atoms with Crippen LogP contribution in [0.2, 0.25) is 0 Å². The lowest BCUT2D eigenvalue weighted by Crippen LogP contribution is -2.53. The van der Waals surface area contributed by atoms with Gasteiger partial charge in [0, 0.05) is 18.8 Å². The molecule has 1 saturated heterocycles. The number of carbonyl (C=O) groups is 3. The van der Waals surface area contributed by atoms with Crippen LogP contribution in [0.1, 0.15) is 33.2 Å². The molecule has 8 nitrogen and oxygen atoms in total. The molecular formula is C30H29BO8. The quantitative estimate of drug-likeness (QED) is 0.170. The molecule has 3 aromatic rings. The van der Waals surface area contributed by atoms with Gasteiger partial charge in [-0.05, 0) is 42.2 Å². The molecule has 1 fully saturated rings. The van der Waals surface area contributed by atoms with Crippen LogP contribution in [0.15, 0.2) is 97.1 Å². The zero-order valence-electron chi connectivity index (χ0n) is 21.7. The second kappa shape index (κ2) is 13.0. The SMILES string of the molecule is C=C(C)C(=O)OCc1ccc(B2OCC(COC(=O)c3ccccc3)(COC(=O)c3ccccc3)CO2)cc1. The highest BCUT2D eigenvalue weighted by Crippen LogP contribution is 2.26. The largest absolute Gasteiger partial charge is 0.493 e. The highest BCUT2D eigenvalue weighted by molar-refractivity contribution is 6.61. The highest BCUT2D eigenvalue weighted by Gasteiger charge is 2.42. The number of benzene rings is 3. The second-order valence-corrected chi connectivity index (χ2v) is 9.44. The monoisotopic (exact) mass is 528 g/mol. The molecule has 0 atom stereocenters. The molecule has 1 aliphatic rings. The van der Waals surface area contributed by atoms with Gasteiger partial charge in [-0.1, -0.05) is 67.2 Å². The molecule has 3 aromatic carbocycles. The molecule has 0 N–H and O–H groups in total. The molecule has 0 bridgehead atoms. The fraction of sp³-hybridized carbons (Fsp3) is 0.233. The standard InChI is InChI=1S/C30H29BO8/c1-22(2)27(32)35-17-23-13-15-26(16-14-23)31-38-20-30(21-39-31,18-36-28(33)24-9-5-3-6-10-24)19-37-29(34)25-11-7-4-8-12-25/h3-16H,1,17-21H2,2H3. The molecule has 0 spiro atoms. The summed E-state index contributed by atoms with van der Waals surface area (Å²) in [6.45, 7) is 5.40. The minimum absolute atomic E-state index is 0.0669. The summed E-state index contributed by atoms with van der Waals surface area (Å²) in [6, 6.07) is 24.6. The van der Waals surface area contributed by atoms with E-state index in [4.69, 9.17) is 23.5 Å². The lowest BCUT2D eigenvalue weighted by atomic mass is 9.75. The van der Waals surface area contributed by atoms with Crippen molar-refractivity contribution in [2.75, 3.05) is 26.4 Å². The number of esters is 3. The van der Waals surface area contributed by atoms with Gasteiger partial charge in [-0.25, -0.2) is 14.4 Å². The van der Waals surface area contributed by atoms with E-state index in [1.54, 1.807) is 55.5 Å². The van der Waals surface area contributed by atoms with Gasteiger partial charge >= 0.3 is 25.0 Å². The van der Waals surface area contributed by atoms with E-state index in [2.05, 4.69) is 6.58 Å². The van der Waals surface area contributed by atoms with Gasteiger partial charge in [0.05, 0.1) is 16.5 Å². The van der Waals surface area contributed by atoms with E-state index in [0.29, 0.717) is 16.7 Å². The smallest absolute Gasteiger partial charge is 0.461 e. The van der Waals surface area contributed by atoms with Gasteiger partial charge in [-0.3, -0.25) is 0 Å². The van der Waals surface area contributed by atoms with Gasteiger partial charge in [0.25, 0.3) is 0 Å². The van der Waals surface area contributed by atoms with Crippen molar-refractivity contribution in [1.29, 1.82) is 0 Å². The van der Waals surface area contributed by atoms with Crippen LogP contribution in [0, 0.1) is 5.41 Å². The van der Waals surface area contributed by atoms with Crippen LogP contribution in [0.3, 0.4) is 0 Å². The third-order valence-corrected chi connectivity index (χ3v) is 6.09. The summed E-state index contributed by atoms with van der Waals surface area (Å²) < 4.78 is 28.4. The summed E-state index contributed by atoms with van der Waals surface area (Å²) in [6.07, 6.45) is 0. The summed E-state index contributed by atoms with van der Waals surface area (Å²) in [7, 11) is -0.667. The first-order valence-electron chi connectivity index (χ1n) is 12.4. The molecule has 4 rings (SSSR count). The molecule has 0 saturated carbocycles. The molecule has 1 heterocycles. The van der Waals surface area contributed by atoms with E-state index in [9.17, 15) is 14.4 Å². The summed E-state index contributed by atoms with van der Waals surface area (Å²) in [4.78, 5) is 36.8.